The first-order valence-electron chi connectivity index (χ1n) is 4.50. The number of hydrogen-bond donors (Lipinski definition) is 1. The molecule has 0 radical (unpaired) electrons. The average Bonchev–Trinajstić information content (AvgIpc) is 2.10. The zero-order chi connectivity index (χ0) is 10.7. The van der Waals surface area contributed by atoms with E-state index >= 15 is 0 Å². The minimum atomic E-state index is 0.592. The predicted molar refractivity (Wildman–Crippen MR) is 65.9 cm³/mol. The molecule has 5 heteroatoms. The molecule has 14 heavy (non-hydrogen) atoms. The molecule has 0 amide bonds. The van der Waals surface area contributed by atoms with Gasteiger partial charge >= 0.3 is 0 Å². The summed E-state index contributed by atoms with van der Waals surface area (Å²) in [5.41, 5.74) is 6.83. The summed E-state index contributed by atoms with van der Waals surface area (Å²) in [6.45, 7) is 2.80. The van der Waals surface area contributed by atoms with Crippen LogP contribution in [0.2, 0.25) is 0 Å². The highest BCUT2D eigenvalue weighted by molar-refractivity contribution is 14.1. The summed E-state index contributed by atoms with van der Waals surface area (Å²) in [5.74, 6) is 1.39. The van der Waals surface area contributed by atoms with Crippen molar-refractivity contribution >= 4 is 28.4 Å². The lowest BCUT2D eigenvalue weighted by atomic mass is 10.3. The lowest BCUT2D eigenvalue weighted by molar-refractivity contribution is 0.390. The molecular weight excluding hydrogens is 291 g/mol. The van der Waals surface area contributed by atoms with Crippen molar-refractivity contribution in [1.29, 1.82) is 0 Å². The third-order valence-electron chi connectivity index (χ3n) is 1.78. The maximum absolute atomic E-state index is 5.80. The van der Waals surface area contributed by atoms with Gasteiger partial charge < -0.3 is 10.6 Å². The number of nitrogen functional groups attached to an aromatic ring is 1. The second-order valence-electron chi connectivity index (χ2n) is 3.38. The number of rotatable bonds is 3. The quantitative estimate of drug-likeness (QED) is 0.855. The lowest BCUT2D eigenvalue weighted by Gasteiger charge is -2.11. The number of anilines is 1. The molecule has 0 unspecified atom stereocenters. The molecule has 1 rings (SSSR count). The molecule has 0 saturated carbocycles. The van der Waals surface area contributed by atoms with Crippen LogP contribution in [0.4, 0.5) is 5.82 Å². The first-order chi connectivity index (χ1) is 6.54. The summed E-state index contributed by atoms with van der Waals surface area (Å²) < 4.78 is 0.979. The summed E-state index contributed by atoms with van der Waals surface area (Å²) in [5, 5.41) is 0. The van der Waals surface area contributed by atoms with Crippen molar-refractivity contribution in [3.63, 3.8) is 0 Å². The monoisotopic (exact) mass is 306 g/mol. The van der Waals surface area contributed by atoms with Crippen LogP contribution >= 0.6 is 22.6 Å². The van der Waals surface area contributed by atoms with Gasteiger partial charge in [-0.15, -0.1) is 0 Å². The van der Waals surface area contributed by atoms with Crippen molar-refractivity contribution in [1.82, 2.24) is 14.9 Å². The molecule has 0 aliphatic carbocycles. The summed E-state index contributed by atoms with van der Waals surface area (Å²) in [6, 6.07) is 0. The summed E-state index contributed by atoms with van der Waals surface area (Å²) >= 11 is 2.19. The topological polar surface area (TPSA) is 55.0 Å². The largest absolute Gasteiger partial charge is 0.383 e. The Labute approximate surface area is 98.1 Å². The zero-order valence-electron chi connectivity index (χ0n) is 8.71. The SMILES string of the molecule is CCc1nc(CN(C)C)nc(N)c1I. The second kappa shape index (κ2) is 4.88. The standard InChI is InChI=1S/C9H15IN4/c1-4-6-8(10)9(11)13-7(12-6)5-14(2)3/h4-5H2,1-3H3,(H2,11,12,13). The van der Waals surface area contributed by atoms with Crippen molar-refractivity contribution in [3.8, 4) is 0 Å². The molecule has 1 heterocycles. The number of halogens is 1. The maximum Gasteiger partial charge on any atom is 0.145 e. The zero-order valence-corrected chi connectivity index (χ0v) is 10.9. The van der Waals surface area contributed by atoms with E-state index in [2.05, 4.69) is 39.5 Å². The highest BCUT2D eigenvalue weighted by Gasteiger charge is 2.08. The molecule has 0 aromatic carbocycles. The van der Waals surface area contributed by atoms with E-state index in [9.17, 15) is 0 Å². The van der Waals surface area contributed by atoms with Gasteiger partial charge in [-0.25, -0.2) is 9.97 Å². The van der Waals surface area contributed by atoms with E-state index in [0.29, 0.717) is 5.82 Å². The molecule has 0 spiro atoms. The molecule has 2 N–H and O–H groups in total. The number of aryl methyl sites for hydroxylation is 1. The highest BCUT2D eigenvalue weighted by atomic mass is 127. The summed E-state index contributed by atoms with van der Waals surface area (Å²) in [7, 11) is 3.98. The third kappa shape index (κ3) is 2.78. The summed E-state index contributed by atoms with van der Waals surface area (Å²) in [6.07, 6.45) is 0.894. The Kier molecular flexibility index (Phi) is 4.06. The Morgan fingerprint density at radius 2 is 2.00 bits per heavy atom. The normalized spacial score (nSPS) is 10.9. The van der Waals surface area contributed by atoms with Crippen LogP contribution < -0.4 is 5.73 Å². The number of nitrogens with zero attached hydrogens (tertiary/aromatic N) is 3. The van der Waals surface area contributed by atoms with Crippen molar-refractivity contribution in [2.24, 2.45) is 0 Å². The maximum atomic E-state index is 5.80. The van der Waals surface area contributed by atoms with Gasteiger partial charge in [0.05, 0.1) is 15.8 Å². The first-order valence-corrected chi connectivity index (χ1v) is 5.58. The van der Waals surface area contributed by atoms with E-state index in [1.807, 2.05) is 19.0 Å². The number of aromatic nitrogens is 2. The highest BCUT2D eigenvalue weighted by Crippen LogP contribution is 2.16. The Balaban J connectivity index is 3.03. The molecule has 0 bridgehead atoms. The van der Waals surface area contributed by atoms with Gasteiger partial charge in [-0.05, 0) is 43.1 Å². The Bertz CT molecular complexity index is 325. The van der Waals surface area contributed by atoms with Crippen LogP contribution in [0.5, 0.6) is 0 Å². The van der Waals surface area contributed by atoms with Crippen LogP contribution in [0, 0.1) is 3.57 Å². The van der Waals surface area contributed by atoms with Crippen LogP contribution in [-0.4, -0.2) is 29.0 Å². The van der Waals surface area contributed by atoms with Crippen molar-refractivity contribution in [2.45, 2.75) is 19.9 Å². The fourth-order valence-corrected chi connectivity index (χ4v) is 1.78. The number of nitrogens with two attached hydrogens (primary N) is 1. The van der Waals surface area contributed by atoms with E-state index in [0.717, 1.165) is 28.1 Å². The van der Waals surface area contributed by atoms with Crippen molar-refractivity contribution < 1.29 is 0 Å². The van der Waals surface area contributed by atoms with E-state index in [-0.39, 0.29) is 0 Å². The van der Waals surface area contributed by atoms with Crippen LogP contribution in [0.3, 0.4) is 0 Å². The third-order valence-corrected chi connectivity index (χ3v) is 2.96. The molecule has 0 aliphatic heterocycles. The van der Waals surface area contributed by atoms with Crippen molar-refractivity contribution in [2.75, 3.05) is 19.8 Å². The Morgan fingerprint density at radius 1 is 1.36 bits per heavy atom. The Hall–Kier alpha value is -0.430. The average molecular weight is 306 g/mol. The first kappa shape index (κ1) is 11.6. The molecule has 0 fully saturated rings. The fourth-order valence-electron chi connectivity index (χ4n) is 1.15. The van der Waals surface area contributed by atoms with Gasteiger partial charge in [-0.3, -0.25) is 0 Å². The van der Waals surface area contributed by atoms with Gasteiger partial charge in [0.15, 0.2) is 0 Å². The van der Waals surface area contributed by atoms with Crippen LogP contribution in [0.25, 0.3) is 0 Å². The van der Waals surface area contributed by atoms with Gasteiger partial charge in [0.25, 0.3) is 0 Å². The molecule has 0 saturated heterocycles. The molecule has 0 atom stereocenters. The smallest absolute Gasteiger partial charge is 0.145 e. The van der Waals surface area contributed by atoms with Gasteiger partial charge in [-0.2, -0.15) is 0 Å². The molecule has 0 aliphatic rings. The van der Waals surface area contributed by atoms with Gasteiger partial charge in [0, 0.05) is 0 Å². The van der Waals surface area contributed by atoms with Crippen LogP contribution in [0.1, 0.15) is 18.4 Å². The van der Waals surface area contributed by atoms with Crippen molar-refractivity contribution in [3.05, 3.63) is 15.1 Å². The van der Waals surface area contributed by atoms with Gasteiger partial charge in [0.1, 0.15) is 11.6 Å². The van der Waals surface area contributed by atoms with E-state index in [1.54, 1.807) is 0 Å². The van der Waals surface area contributed by atoms with E-state index < -0.39 is 0 Å². The molecule has 1 aromatic heterocycles. The van der Waals surface area contributed by atoms with Crippen LogP contribution in [-0.2, 0) is 13.0 Å². The summed E-state index contributed by atoms with van der Waals surface area (Å²) in [4.78, 5) is 10.7. The fraction of sp³-hybridized carbons (Fsp3) is 0.556. The van der Waals surface area contributed by atoms with Gasteiger partial charge in [0.2, 0.25) is 0 Å². The molecule has 78 valence electrons. The van der Waals surface area contributed by atoms with Gasteiger partial charge in [-0.1, -0.05) is 6.92 Å². The minimum absolute atomic E-state index is 0.592. The second-order valence-corrected chi connectivity index (χ2v) is 4.46. The number of hydrogen-bond acceptors (Lipinski definition) is 4. The molecule has 4 nitrogen and oxygen atoms in total. The predicted octanol–water partition coefficient (Wildman–Crippen LogP) is 1.29. The molecule has 1 aromatic rings. The van der Waals surface area contributed by atoms with E-state index in [1.165, 1.54) is 0 Å². The molecular formula is C9H15IN4. The van der Waals surface area contributed by atoms with E-state index in [4.69, 9.17) is 5.73 Å². The van der Waals surface area contributed by atoms with Crippen LogP contribution in [0.15, 0.2) is 0 Å². The lowest BCUT2D eigenvalue weighted by Crippen LogP contribution is -2.16. The Morgan fingerprint density at radius 3 is 2.50 bits per heavy atom. The minimum Gasteiger partial charge on any atom is -0.383 e.